The van der Waals surface area contributed by atoms with Crippen LogP contribution in [0.4, 0.5) is 0 Å². The van der Waals surface area contributed by atoms with Crippen molar-refractivity contribution in [3.63, 3.8) is 0 Å². The van der Waals surface area contributed by atoms with E-state index >= 15 is 0 Å². The second-order valence-corrected chi connectivity index (χ2v) is 8.18. The van der Waals surface area contributed by atoms with Crippen LogP contribution in [0.1, 0.15) is 15.9 Å². The fourth-order valence-electron chi connectivity index (χ4n) is 2.72. The highest BCUT2D eigenvalue weighted by molar-refractivity contribution is 9.11. The van der Waals surface area contributed by atoms with Gasteiger partial charge in [-0.1, -0.05) is 24.3 Å². The fourth-order valence-corrected chi connectivity index (χ4v) is 4.07. The molecule has 0 aliphatic heterocycles. The molecule has 3 aromatic heterocycles. The minimum Gasteiger partial charge on any atom is -0.348 e. The Kier molecular flexibility index (Phi) is 4.77. The number of carbonyl (C=O) groups excluding carboxylic acids is 1. The summed E-state index contributed by atoms with van der Waals surface area (Å²) in [5.74, 6) is -0.121. The lowest BCUT2D eigenvalue weighted by Crippen LogP contribution is -2.23. The van der Waals surface area contributed by atoms with Gasteiger partial charge in [0.1, 0.15) is 0 Å². The monoisotopic (exact) mass is 423 g/mol. The number of nitrogens with one attached hydrogen (secondary N) is 1. The predicted molar refractivity (Wildman–Crippen MR) is 108 cm³/mol. The van der Waals surface area contributed by atoms with Crippen molar-refractivity contribution in [1.29, 1.82) is 0 Å². The molecule has 3 heterocycles. The molecule has 0 unspecified atom stereocenters. The number of hydrogen-bond acceptors (Lipinski definition) is 4. The number of carbonyl (C=O) groups is 1. The van der Waals surface area contributed by atoms with Gasteiger partial charge in [-0.3, -0.25) is 9.78 Å². The molecule has 1 N–H and O–H groups in total. The van der Waals surface area contributed by atoms with Crippen molar-refractivity contribution in [3.05, 3.63) is 81.9 Å². The molecule has 0 saturated carbocycles. The van der Waals surface area contributed by atoms with E-state index in [0.717, 1.165) is 30.8 Å². The van der Waals surface area contributed by atoms with E-state index in [1.54, 1.807) is 23.7 Å². The third-order valence-electron chi connectivity index (χ3n) is 3.96. The quantitative estimate of drug-likeness (QED) is 0.499. The molecule has 1 amide bonds. The lowest BCUT2D eigenvalue weighted by molar-refractivity contribution is 0.0952. The van der Waals surface area contributed by atoms with Crippen LogP contribution in [0.25, 0.3) is 21.5 Å². The standard InChI is InChI=1S/C20H14BrN3OS/c21-19-8-7-18(26-19)17-10-15(14-5-1-2-6-16(14)24-17)20(25)23-12-13-4-3-9-22-11-13/h1-11H,12H2,(H,23,25). The van der Waals surface area contributed by atoms with Gasteiger partial charge in [-0.25, -0.2) is 4.98 Å². The van der Waals surface area contributed by atoms with Gasteiger partial charge in [0.05, 0.1) is 25.4 Å². The van der Waals surface area contributed by atoms with Crippen LogP contribution < -0.4 is 5.32 Å². The zero-order chi connectivity index (χ0) is 17.9. The molecule has 26 heavy (non-hydrogen) atoms. The first kappa shape index (κ1) is 16.9. The summed E-state index contributed by atoms with van der Waals surface area (Å²) >= 11 is 5.08. The van der Waals surface area contributed by atoms with Gasteiger partial charge < -0.3 is 5.32 Å². The largest absolute Gasteiger partial charge is 0.348 e. The van der Waals surface area contributed by atoms with Crippen LogP contribution in [-0.2, 0) is 6.54 Å². The summed E-state index contributed by atoms with van der Waals surface area (Å²) in [7, 11) is 0. The predicted octanol–water partition coefficient (Wildman–Crippen LogP) is 5.05. The molecule has 1 aromatic carbocycles. The van der Waals surface area contributed by atoms with Crippen LogP contribution in [0, 0.1) is 0 Å². The highest BCUT2D eigenvalue weighted by Crippen LogP contribution is 2.32. The Morgan fingerprint density at radius 2 is 2.00 bits per heavy atom. The Bertz CT molecular complexity index is 1080. The molecular formula is C20H14BrN3OS. The van der Waals surface area contributed by atoms with Crippen LogP contribution in [0.15, 0.2) is 70.8 Å². The fraction of sp³-hybridized carbons (Fsp3) is 0.0500. The maximum absolute atomic E-state index is 12.9. The first-order valence-electron chi connectivity index (χ1n) is 8.03. The molecule has 0 saturated heterocycles. The van der Waals surface area contributed by atoms with E-state index in [4.69, 9.17) is 4.98 Å². The van der Waals surface area contributed by atoms with E-state index in [9.17, 15) is 4.79 Å². The minimum absolute atomic E-state index is 0.121. The summed E-state index contributed by atoms with van der Waals surface area (Å²) in [5.41, 5.74) is 3.19. The van der Waals surface area contributed by atoms with Crippen molar-refractivity contribution in [1.82, 2.24) is 15.3 Å². The van der Waals surface area contributed by atoms with Crippen molar-refractivity contribution in [2.45, 2.75) is 6.54 Å². The Balaban J connectivity index is 1.71. The molecule has 128 valence electrons. The average Bonchev–Trinajstić information content (AvgIpc) is 3.12. The number of hydrogen-bond donors (Lipinski definition) is 1. The molecule has 4 nitrogen and oxygen atoms in total. The van der Waals surface area contributed by atoms with Crippen LogP contribution in [0.5, 0.6) is 0 Å². The number of halogens is 1. The molecule has 4 aromatic rings. The Morgan fingerprint density at radius 1 is 1.12 bits per heavy atom. The molecule has 0 radical (unpaired) electrons. The molecule has 6 heteroatoms. The lowest BCUT2D eigenvalue weighted by atomic mass is 10.1. The molecule has 0 fully saturated rings. The van der Waals surface area contributed by atoms with E-state index in [-0.39, 0.29) is 5.91 Å². The van der Waals surface area contributed by atoms with Gasteiger partial charge in [0.2, 0.25) is 0 Å². The first-order valence-corrected chi connectivity index (χ1v) is 9.64. The Hall–Kier alpha value is -2.57. The topological polar surface area (TPSA) is 54.9 Å². The average molecular weight is 424 g/mol. The van der Waals surface area contributed by atoms with Crippen LogP contribution in [0.3, 0.4) is 0 Å². The van der Waals surface area contributed by atoms with E-state index in [1.807, 2.05) is 54.6 Å². The highest BCUT2D eigenvalue weighted by Gasteiger charge is 2.14. The van der Waals surface area contributed by atoms with Crippen molar-refractivity contribution < 1.29 is 4.79 Å². The molecule has 0 aliphatic rings. The molecule has 0 bridgehead atoms. The zero-order valence-electron chi connectivity index (χ0n) is 13.6. The number of nitrogens with zero attached hydrogens (tertiary/aromatic N) is 2. The molecule has 0 atom stereocenters. The lowest BCUT2D eigenvalue weighted by Gasteiger charge is -2.10. The summed E-state index contributed by atoms with van der Waals surface area (Å²) in [6.07, 6.45) is 3.46. The summed E-state index contributed by atoms with van der Waals surface area (Å²) in [6.45, 7) is 0.434. The maximum atomic E-state index is 12.9. The zero-order valence-corrected chi connectivity index (χ0v) is 16.0. The number of rotatable bonds is 4. The van der Waals surface area contributed by atoms with Gasteiger partial charge in [0.25, 0.3) is 5.91 Å². The highest BCUT2D eigenvalue weighted by atomic mass is 79.9. The van der Waals surface area contributed by atoms with Gasteiger partial charge in [0.15, 0.2) is 0 Å². The molecule has 0 spiro atoms. The van der Waals surface area contributed by atoms with Crippen molar-refractivity contribution in [2.24, 2.45) is 0 Å². The summed E-state index contributed by atoms with van der Waals surface area (Å²) in [4.78, 5) is 22.7. The summed E-state index contributed by atoms with van der Waals surface area (Å²) < 4.78 is 1.03. The molecule has 0 aliphatic carbocycles. The number of fused-ring (bicyclic) bond motifs is 1. The number of benzene rings is 1. The van der Waals surface area contributed by atoms with Crippen LogP contribution in [-0.4, -0.2) is 15.9 Å². The summed E-state index contributed by atoms with van der Waals surface area (Å²) in [5, 5.41) is 3.82. The van der Waals surface area contributed by atoms with Gasteiger partial charge in [0, 0.05) is 24.3 Å². The Morgan fingerprint density at radius 3 is 2.77 bits per heavy atom. The van der Waals surface area contributed by atoms with Gasteiger partial charge in [-0.05, 0) is 51.8 Å². The van der Waals surface area contributed by atoms with Crippen molar-refractivity contribution >= 4 is 44.1 Å². The van der Waals surface area contributed by atoms with E-state index in [0.29, 0.717) is 12.1 Å². The van der Waals surface area contributed by atoms with Crippen molar-refractivity contribution in [2.75, 3.05) is 0 Å². The Labute approximate surface area is 163 Å². The van der Waals surface area contributed by atoms with Crippen LogP contribution in [0.2, 0.25) is 0 Å². The van der Waals surface area contributed by atoms with Crippen LogP contribution >= 0.6 is 27.3 Å². The first-order chi connectivity index (χ1) is 12.7. The third kappa shape index (κ3) is 3.52. The smallest absolute Gasteiger partial charge is 0.252 e. The number of thiophene rings is 1. The van der Waals surface area contributed by atoms with Crippen molar-refractivity contribution in [3.8, 4) is 10.6 Å². The minimum atomic E-state index is -0.121. The number of amides is 1. The third-order valence-corrected chi connectivity index (χ3v) is 5.61. The number of pyridine rings is 2. The molecule has 4 rings (SSSR count). The number of para-hydroxylation sites is 1. The second-order valence-electron chi connectivity index (χ2n) is 5.72. The normalized spacial score (nSPS) is 10.8. The van der Waals surface area contributed by atoms with Gasteiger partial charge >= 0.3 is 0 Å². The van der Waals surface area contributed by atoms with E-state index in [1.165, 1.54) is 0 Å². The van der Waals surface area contributed by atoms with Gasteiger partial charge in [-0.15, -0.1) is 11.3 Å². The molecular weight excluding hydrogens is 410 g/mol. The van der Waals surface area contributed by atoms with Gasteiger partial charge in [-0.2, -0.15) is 0 Å². The second kappa shape index (κ2) is 7.35. The van der Waals surface area contributed by atoms with E-state index < -0.39 is 0 Å². The SMILES string of the molecule is O=C(NCc1cccnc1)c1cc(-c2ccc(Br)s2)nc2ccccc12. The number of aromatic nitrogens is 2. The van der Waals surface area contributed by atoms with E-state index in [2.05, 4.69) is 26.2 Å². The maximum Gasteiger partial charge on any atom is 0.252 e. The summed E-state index contributed by atoms with van der Waals surface area (Å²) in [6, 6.07) is 17.4.